The Labute approximate surface area is 130 Å². The molecule has 2 aliphatic carbocycles. The molecule has 1 atom stereocenters. The molecule has 2 aromatic rings. The third-order valence-electron chi connectivity index (χ3n) is 5.17. The van der Waals surface area contributed by atoms with Crippen LogP contribution in [0.2, 0.25) is 0 Å². The molecule has 1 unspecified atom stereocenters. The van der Waals surface area contributed by atoms with Gasteiger partial charge in [-0.05, 0) is 63.1 Å². The van der Waals surface area contributed by atoms with Gasteiger partial charge in [-0.25, -0.2) is 4.98 Å². The fraction of sp³-hybridized carbons (Fsp3) is 0.500. The molecule has 1 heterocycles. The highest BCUT2D eigenvalue weighted by Gasteiger charge is 2.38. The highest BCUT2D eigenvalue weighted by Crippen LogP contribution is 2.40. The molecular weight excluding hydrogens is 276 g/mol. The van der Waals surface area contributed by atoms with E-state index in [1.54, 1.807) is 4.88 Å². The number of benzene rings is 1. The number of fused-ring (bicyclic) bond motifs is 2. The molecule has 4 rings (SSSR count). The summed E-state index contributed by atoms with van der Waals surface area (Å²) in [5.41, 5.74) is 4.45. The van der Waals surface area contributed by atoms with Crippen LogP contribution in [0.4, 0.5) is 0 Å². The number of aromatic nitrogens is 1. The van der Waals surface area contributed by atoms with Crippen LogP contribution < -0.4 is 5.32 Å². The lowest BCUT2D eigenvalue weighted by molar-refractivity contribution is 0.313. The van der Waals surface area contributed by atoms with Crippen LogP contribution >= 0.6 is 11.3 Å². The summed E-state index contributed by atoms with van der Waals surface area (Å²) in [5, 5.41) is 4.96. The molecule has 21 heavy (non-hydrogen) atoms. The fourth-order valence-corrected chi connectivity index (χ4v) is 5.17. The third-order valence-corrected chi connectivity index (χ3v) is 6.53. The lowest BCUT2D eigenvalue weighted by Crippen LogP contribution is -2.44. The van der Waals surface area contributed by atoms with E-state index in [1.165, 1.54) is 47.5 Å². The van der Waals surface area contributed by atoms with Gasteiger partial charge in [-0.3, -0.25) is 0 Å². The van der Waals surface area contributed by atoms with Crippen molar-refractivity contribution in [1.82, 2.24) is 10.3 Å². The summed E-state index contributed by atoms with van der Waals surface area (Å²) in [6, 6.07) is 8.89. The molecule has 1 aromatic carbocycles. The summed E-state index contributed by atoms with van der Waals surface area (Å²) in [6.45, 7) is 0. The number of aryl methyl sites for hydroxylation is 3. The number of nitrogens with zero attached hydrogens (tertiary/aromatic N) is 1. The minimum absolute atomic E-state index is 0.0519. The maximum atomic E-state index is 5.05. The van der Waals surface area contributed by atoms with Gasteiger partial charge in [0.15, 0.2) is 0 Å². The van der Waals surface area contributed by atoms with E-state index >= 15 is 0 Å². The minimum atomic E-state index is 0.0519. The Morgan fingerprint density at radius 2 is 1.90 bits per heavy atom. The molecule has 0 saturated carbocycles. The van der Waals surface area contributed by atoms with E-state index in [9.17, 15) is 0 Å². The Morgan fingerprint density at radius 1 is 1.10 bits per heavy atom. The molecule has 110 valence electrons. The zero-order valence-electron chi connectivity index (χ0n) is 12.6. The first kappa shape index (κ1) is 13.5. The Morgan fingerprint density at radius 3 is 2.71 bits per heavy atom. The molecule has 0 fully saturated rings. The van der Waals surface area contributed by atoms with Gasteiger partial charge in [0, 0.05) is 4.88 Å². The predicted molar refractivity (Wildman–Crippen MR) is 88.0 cm³/mol. The summed E-state index contributed by atoms with van der Waals surface area (Å²) < 4.78 is 0. The van der Waals surface area contributed by atoms with E-state index in [0.717, 1.165) is 19.3 Å². The van der Waals surface area contributed by atoms with Crippen molar-refractivity contribution in [3.63, 3.8) is 0 Å². The Bertz CT molecular complexity index is 637. The largest absolute Gasteiger partial charge is 0.308 e. The van der Waals surface area contributed by atoms with E-state index in [2.05, 4.69) is 36.6 Å². The van der Waals surface area contributed by atoms with E-state index < -0.39 is 0 Å². The molecule has 3 heteroatoms. The molecule has 0 bridgehead atoms. The second-order valence-electron chi connectivity index (χ2n) is 6.37. The van der Waals surface area contributed by atoms with E-state index in [1.807, 2.05) is 11.3 Å². The number of nitrogens with one attached hydrogen (secondary N) is 1. The lowest BCUT2D eigenvalue weighted by Gasteiger charge is -2.36. The Kier molecular flexibility index (Phi) is 3.35. The maximum absolute atomic E-state index is 5.05. The number of thiazole rings is 1. The zero-order valence-corrected chi connectivity index (χ0v) is 13.4. The normalized spacial score (nSPS) is 24.4. The SMILES string of the molecule is CNC1(c2nc3c(s2)CCCC3)CCc2ccccc2C1. The standard InChI is InChI=1S/C18H22N2S/c1-19-18(11-10-13-6-2-3-7-14(13)12-18)17-20-15-8-4-5-9-16(15)21-17/h2-3,6-7,19H,4-5,8-12H2,1H3. The molecule has 1 N–H and O–H groups in total. The van der Waals surface area contributed by atoms with Gasteiger partial charge in [0.2, 0.25) is 0 Å². The quantitative estimate of drug-likeness (QED) is 0.916. The molecule has 2 nitrogen and oxygen atoms in total. The molecule has 1 aromatic heterocycles. The van der Waals surface area contributed by atoms with Crippen LogP contribution in [0.5, 0.6) is 0 Å². The topological polar surface area (TPSA) is 24.9 Å². The molecule has 0 saturated heterocycles. The summed E-state index contributed by atoms with van der Waals surface area (Å²) in [5.74, 6) is 0. The van der Waals surface area contributed by atoms with Gasteiger partial charge in [-0.2, -0.15) is 0 Å². The van der Waals surface area contributed by atoms with Gasteiger partial charge in [0.25, 0.3) is 0 Å². The van der Waals surface area contributed by atoms with Gasteiger partial charge in [0.05, 0.1) is 11.2 Å². The Hall–Kier alpha value is -1.19. The fourth-order valence-electron chi connectivity index (χ4n) is 3.79. The minimum Gasteiger partial charge on any atom is -0.308 e. The van der Waals surface area contributed by atoms with Crippen LogP contribution in [0.3, 0.4) is 0 Å². The Balaban J connectivity index is 1.73. The van der Waals surface area contributed by atoms with E-state index in [0.29, 0.717) is 0 Å². The number of rotatable bonds is 2. The highest BCUT2D eigenvalue weighted by atomic mass is 32.1. The van der Waals surface area contributed by atoms with Crippen molar-refractivity contribution >= 4 is 11.3 Å². The summed E-state index contributed by atoms with van der Waals surface area (Å²) in [4.78, 5) is 6.59. The second kappa shape index (κ2) is 5.22. The summed E-state index contributed by atoms with van der Waals surface area (Å²) in [6.07, 6.45) is 8.46. The monoisotopic (exact) mass is 298 g/mol. The van der Waals surface area contributed by atoms with E-state index in [4.69, 9.17) is 4.98 Å². The van der Waals surface area contributed by atoms with Crippen LogP contribution in [0.25, 0.3) is 0 Å². The number of likely N-dealkylation sites (N-methyl/N-ethyl adjacent to an activating group) is 1. The molecular formula is C18H22N2S. The van der Waals surface area contributed by atoms with Gasteiger partial charge in [-0.1, -0.05) is 24.3 Å². The maximum Gasteiger partial charge on any atom is 0.114 e. The van der Waals surface area contributed by atoms with Crippen LogP contribution in [0.15, 0.2) is 24.3 Å². The summed E-state index contributed by atoms with van der Waals surface area (Å²) in [7, 11) is 2.11. The smallest absolute Gasteiger partial charge is 0.114 e. The predicted octanol–water partition coefficient (Wildman–Crippen LogP) is 3.63. The van der Waals surface area contributed by atoms with E-state index in [-0.39, 0.29) is 5.54 Å². The lowest BCUT2D eigenvalue weighted by atomic mass is 9.78. The van der Waals surface area contributed by atoms with Crippen molar-refractivity contribution in [2.75, 3.05) is 7.05 Å². The van der Waals surface area contributed by atoms with Crippen molar-refractivity contribution in [1.29, 1.82) is 0 Å². The average Bonchev–Trinajstić information content (AvgIpc) is 2.99. The van der Waals surface area contributed by atoms with Crippen LogP contribution in [0, 0.1) is 0 Å². The summed E-state index contributed by atoms with van der Waals surface area (Å²) >= 11 is 1.97. The van der Waals surface area contributed by atoms with Gasteiger partial charge in [0.1, 0.15) is 5.01 Å². The van der Waals surface area contributed by atoms with Crippen molar-refractivity contribution < 1.29 is 0 Å². The van der Waals surface area contributed by atoms with Crippen LogP contribution in [-0.4, -0.2) is 12.0 Å². The van der Waals surface area contributed by atoms with Crippen molar-refractivity contribution in [2.24, 2.45) is 0 Å². The van der Waals surface area contributed by atoms with Crippen molar-refractivity contribution in [3.05, 3.63) is 51.0 Å². The van der Waals surface area contributed by atoms with Gasteiger partial charge in [-0.15, -0.1) is 11.3 Å². The molecule has 0 amide bonds. The number of hydrogen-bond acceptors (Lipinski definition) is 3. The second-order valence-corrected chi connectivity index (χ2v) is 7.46. The molecule has 0 aliphatic heterocycles. The molecule has 0 radical (unpaired) electrons. The highest BCUT2D eigenvalue weighted by molar-refractivity contribution is 7.11. The van der Waals surface area contributed by atoms with Crippen LogP contribution in [0.1, 0.15) is 46.0 Å². The van der Waals surface area contributed by atoms with Gasteiger partial charge < -0.3 is 5.32 Å². The first-order valence-electron chi connectivity index (χ1n) is 8.05. The van der Waals surface area contributed by atoms with Crippen molar-refractivity contribution in [2.45, 2.75) is 50.5 Å². The third kappa shape index (κ3) is 2.23. The molecule has 2 aliphatic rings. The first-order chi connectivity index (χ1) is 10.3. The van der Waals surface area contributed by atoms with Crippen LogP contribution in [-0.2, 0) is 31.2 Å². The average molecular weight is 298 g/mol. The van der Waals surface area contributed by atoms with Crippen molar-refractivity contribution in [3.8, 4) is 0 Å². The number of hydrogen-bond donors (Lipinski definition) is 1. The van der Waals surface area contributed by atoms with Gasteiger partial charge >= 0.3 is 0 Å². The molecule has 0 spiro atoms. The first-order valence-corrected chi connectivity index (χ1v) is 8.87. The zero-order chi connectivity index (χ0) is 14.3.